The van der Waals surface area contributed by atoms with E-state index in [2.05, 4.69) is 11.6 Å². The number of allylic oxidation sites excluding steroid dienone is 2. The molecule has 2 heteroatoms. The Kier molecular flexibility index (Phi) is 3.86. The van der Waals surface area contributed by atoms with E-state index in [0.717, 1.165) is 11.3 Å². The fraction of sp³-hybridized carbons (Fsp3) is 0.154. The van der Waals surface area contributed by atoms with Gasteiger partial charge in [-0.3, -0.25) is 4.99 Å². The molecule has 0 aliphatic rings. The van der Waals surface area contributed by atoms with Crippen LogP contribution >= 0.6 is 0 Å². The van der Waals surface area contributed by atoms with Crippen molar-refractivity contribution in [2.45, 2.75) is 13.8 Å². The SMILES string of the molecule is C=C/C=N\C(C)=C(/N)c1cccc(C)c1. The zero-order valence-electron chi connectivity index (χ0n) is 9.20. The van der Waals surface area contributed by atoms with Crippen LogP contribution in [0.2, 0.25) is 0 Å². The number of aliphatic imine (C=N–C) groups is 1. The number of rotatable bonds is 3. The number of hydrogen-bond donors (Lipinski definition) is 1. The monoisotopic (exact) mass is 200 g/mol. The molecule has 1 rings (SSSR count). The van der Waals surface area contributed by atoms with E-state index in [1.165, 1.54) is 5.56 Å². The van der Waals surface area contributed by atoms with Crippen molar-refractivity contribution in [3.05, 3.63) is 53.7 Å². The van der Waals surface area contributed by atoms with Crippen molar-refractivity contribution >= 4 is 11.9 Å². The van der Waals surface area contributed by atoms with Gasteiger partial charge < -0.3 is 5.73 Å². The van der Waals surface area contributed by atoms with E-state index in [1.807, 2.05) is 38.1 Å². The summed E-state index contributed by atoms with van der Waals surface area (Å²) in [5.74, 6) is 0. The van der Waals surface area contributed by atoms with Gasteiger partial charge in [-0.05, 0) is 25.5 Å². The first-order valence-corrected chi connectivity index (χ1v) is 4.83. The van der Waals surface area contributed by atoms with Crippen molar-refractivity contribution < 1.29 is 0 Å². The minimum Gasteiger partial charge on any atom is -0.397 e. The molecule has 0 saturated heterocycles. The summed E-state index contributed by atoms with van der Waals surface area (Å²) in [6.07, 6.45) is 3.27. The fourth-order valence-electron chi connectivity index (χ4n) is 1.26. The maximum absolute atomic E-state index is 5.98. The molecule has 2 N–H and O–H groups in total. The van der Waals surface area contributed by atoms with Gasteiger partial charge >= 0.3 is 0 Å². The highest BCUT2D eigenvalue weighted by atomic mass is 14.8. The largest absolute Gasteiger partial charge is 0.397 e. The molecule has 0 saturated carbocycles. The second-order valence-corrected chi connectivity index (χ2v) is 3.38. The van der Waals surface area contributed by atoms with Crippen molar-refractivity contribution in [1.82, 2.24) is 0 Å². The number of nitrogens with zero attached hydrogens (tertiary/aromatic N) is 1. The Bertz CT molecular complexity index is 414. The van der Waals surface area contributed by atoms with Crippen LogP contribution in [0.5, 0.6) is 0 Å². The summed E-state index contributed by atoms with van der Waals surface area (Å²) in [7, 11) is 0. The van der Waals surface area contributed by atoms with Crippen LogP contribution in [0.4, 0.5) is 0 Å². The standard InChI is InChI=1S/C13H16N2/c1-4-8-15-11(3)13(14)12-7-5-6-10(2)9-12/h4-9H,1,14H2,2-3H3/b13-11-,15-8-. The first-order valence-electron chi connectivity index (χ1n) is 4.83. The zero-order chi connectivity index (χ0) is 11.3. The second kappa shape index (κ2) is 5.15. The molecule has 1 aromatic carbocycles. The third-order valence-corrected chi connectivity index (χ3v) is 2.09. The fourth-order valence-corrected chi connectivity index (χ4v) is 1.26. The smallest absolute Gasteiger partial charge is 0.0607 e. The van der Waals surface area contributed by atoms with Gasteiger partial charge in [0.15, 0.2) is 0 Å². The molecule has 0 fully saturated rings. The van der Waals surface area contributed by atoms with Crippen molar-refractivity contribution in [3.63, 3.8) is 0 Å². The highest BCUT2D eigenvalue weighted by Crippen LogP contribution is 2.15. The lowest BCUT2D eigenvalue weighted by Crippen LogP contribution is -1.99. The average Bonchev–Trinajstić information content (AvgIpc) is 2.24. The summed E-state index contributed by atoms with van der Waals surface area (Å²) in [5.41, 5.74) is 9.69. The molecule has 0 atom stereocenters. The van der Waals surface area contributed by atoms with E-state index in [-0.39, 0.29) is 0 Å². The predicted octanol–water partition coefficient (Wildman–Crippen LogP) is 2.90. The Labute approximate surface area is 90.8 Å². The molecule has 15 heavy (non-hydrogen) atoms. The summed E-state index contributed by atoms with van der Waals surface area (Å²) in [4.78, 5) is 4.16. The van der Waals surface area contributed by atoms with Gasteiger partial charge in [0.25, 0.3) is 0 Å². The number of benzene rings is 1. The van der Waals surface area contributed by atoms with Crippen LogP contribution in [0.3, 0.4) is 0 Å². The van der Waals surface area contributed by atoms with E-state index in [1.54, 1.807) is 12.3 Å². The lowest BCUT2D eigenvalue weighted by Gasteiger charge is -2.04. The summed E-state index contributed by atoms with van der Waals surface area (Å²) >= 11 is 0. The molecule has 2 nitrogen and oxygen atoms in total. The van der Waals surface area contributed by atoms with E-state index in [0.29, 0.717) is 5.70 Å². The maximum atomic E-state index is 5.98. The molecule has 0 spiro atoms. The number of hydrogen-bond acceptors (Lipinski definition) is 2. The van der Waals surface area contributed by atoms with Gasteiger partial charge in [-0.25, -0.2) is 0 Å². The third-order valence-electron chi connectivity index (χ3n) is 2.09. The van der Waals surface area contributed by atoms with Gasteiger partial charge in [-0.1, -0.05) is 36.4 Å². The molecule has 0 aliphatic heterocycles. The Morgan fingerprint density at radius 2 is 2.20 bits per heavy atom. The van der Waals surface area contributed by atoms with Crippen molar-refractivity contribution in [2.24, 2.45) is 10.7 Å². The van der Waals surface area contributed by atoms with Crippen LogP contribution in [0.1, 0.15) is 18.1 Å². The number of aryl methyl sites for hydroxylation is 1. The molecule has 0 aliphatic carbocycles. The van der Waals surface area contributed by atoms with Gasteiger partial charge in [0.1, 0.15) is 0 Å². The van der Waals surface area contributed by atoms with Crippen molar-refractivity contribution in [3.8, 4) is 0 Å². The van der Waals surface area contributed by atoms with E-state index in [4.69, 9.17) is 5.73 Å². The van der Waals surface area contributed by atoms with Crippen molar-refractivity contribution in [2.75, 3.05) is 0 Å². The molecule has 0 heterocycles. The van der Waals surface area contributed by atoms with Crippen LogP contribution in [-0.4, -0.2) is 6.21 Å². The lowest BCUT2D eigenvalue weighted by molar-refractivity contribution is 1.28. The van der Waals surface area contributed by atoms with Gasteiger partial charge in [-0.15, -0.1) is 0 Å². The summed E-state index contributed by atoms with van der Waals surface area (Å²) in [6.45, 7) is 7.49. The lowest BCUT2D eigenvalue weighted by atomic mass is 10.1. The molecule has 0 unspecified atom stereocenters. The maximum Gasteiger partial charge on any atom is 0.0607 e. The number of nitrogens with two attached hydrogens (primary N) is 1. The summed E-state index contributed by atoms with van der Waals surface area (Å²) in [6, 6.07) is 8.05. The quantitative estimate of drug-likeness (QED) is 0.748. The molecule has 0 bridgehead atoms. The highest BCUT2D eigenvalue weighted by Gasteiger charge is 1.99. The van der Waals surface area contributed by atoms with Crippen LogP contribution in [0.15, 0.2) is 47.6 Å². The van der Waals surface area contributed by atoms with Gasteiger partial charge in [-0.2, -0.15) is 0 Å². The van der Waals surface area contributed by atoms with E-state index in [9.17, 15) is 0 Å². The summed E-state index contributed by atoms with van der Waals surface area (Å²) in [5, 5.41) is 0. The minimum atomic E-state index is 0.705. The first kappa shape index (κ1) is 11.2. The Morgan fingerprint density at radius 3 is 2.80 bits per heavy atom. The first-order chi connectivity index (χ1) is 7.15. The van der Waals surface area contributed by atoms with Gasteiger partial charge in [0, 0.05) is 6.21 Å². The molecular formula is C13H16N2. The highest BCUT2D eigenvalue weighted by molar-refractivity contribution is 5.74. The van der Waals surface area contributed by atoms with Crippen LogP contribution in [-0.2, 0) is 0 Å². The van der Waals surface area contributed by atoms with Crippen LogP contribution < -0.4 is 5.73 Å². The molecule has 0 radical (unpaired) electrons. The molecular weight excluding hydrogens is 184 g/mol. The Balaban J connectivity index is 3.06. The topological polar surface area (TPSA) is 38.4 Å². The summed E-state index contributed by atoms with van der Waals surface area (Å²) < 4.78 is 0. The van der Waals surface area contributed by atoms with Gasteiger partial charge in [0.05, 0.1) is 11.4 Å². The normalized spacial score (nSPS) is 12.7. The second-order valence-electron chi connectivity index (χ2n) is 3.38. The Morgan fingerprint density at radius 1 is 1.47 bits per heavy atom. The minimum absolute atomic E-state index is 0.705. The van der Waals surface area contributed by atoms with Crippen LogP contribution in [0.25, 0.3) is 5.70 Å². The molecule has 1 aromatic rings. The van der Waals surface area contributed by atoms with E-state index < -0.39 is 0 Å². The molecule has 0 aromatic heterocycles. The zero-order valence-corrected chi connectivity index (χ0v) is 9.20. The van der Waals surface area contributed by atoms with Crippen LogP contribution in [0, 0.1) is 6.92 Å². The van der Waals surface area contributed by atoms with Crippen molar-refractivity contribution in [1.29, 1.82) is 0 Å². The average molecular weight is 200 g/mol. The Hall–Kier alpha value is -1.83. The third kappa shape index (κ3) is 3.09. The molecule has 0 amide bonds. The van der Waals surface area contributed by atoms with E-state index >= 15 is 0 Å². The predicted molar refractivity (Wildman–Crippen MR) is 66.6 cm³/mol. The van der Waals surface area contributed by atoms with Gasteiger partial charge in [0.2, 0.25) is 0 Å². The molecule has 78 valence electrons.